The van der Waals surface area contributed by atoms with Gasteiger partial charge >= 0.3 is 5.69 Å². The van der Waals surface area contributed by atoms with Crippen LogP contribution in [0.4, 0.5) is 0 Å². The first kappa shape index (κ1) is 26.8. The minimum absolute atomic E-state index is 0.0699. The minimum Gasteiger partial charge on any atom is -0.489 e. The molecule has 7 heteroatoms. The van der Waals surface area contributed by atoms with Gasteiger partial charge in [-0.15, -0.1) is 0 Å². The van der Waals surface area contributed by atoms with Gasteiger partial charge in [0.1, 0.15) is 12.4 Å². The monoisotopic (exact) mass is 570 g/mol. The van der Waals surface area contributed by atoms with E-state index >= 15 is 0 Å². The van der Waals surface area contributed by atoms with Gasteiger partial charge in [0.25, 0.3) is 0 Å². The summed E-state index contributed by atoms with van der Waals surface area (Å²) < 4.78 is 7.90. The van der Waals surface area contributed by atoms with Crippen LogP contribution in [-0.2, 0) is 11.4 Å². The molecule has 0 bridgehead atoms. The second-order valence-corrected chi connectivity index (χ2v) is 11.3. The van der Waals surface area contributed by atoms with Crippen LogP contribution in [0.3, 0.4) is 0 Å². The Morgan fingerprint density at radius 1 is 0.837 bits per heavy atom. The first-order chi connectivity index (χ1) is 21.1. The third-order valence-electron chi connectivity index (χ3n) is 8.71. The van der Waals surface area contributed by atoms with Crippen LogP contribution >= 0.6 is 0 Å². The van der Waals surface area contributed by atoms with E-state index < -0.39 is 0 Å². The van der Waals surface area contributed by atoms with E-state index in [0.717, 1.165) is 57.2 Å². The molecule has 1 saturated heterocycles. The molecule has 1 atom stereocenters. The van der Waals surface area contributed by atoms with Crippen LogP contribution in [0.2, 0.25) is 0 Å². The highest BCUT2D eigenvalue weighted by atomic mass is 16.5. The molecule has 2 aromatic heterocycles. The molecule has 7 nitrogen and oxygen atoms in total. The molecule has 43 heavy (non-hydrogen) atoms. The number of piperidine rings is 1. The number of hydrogen-bond acceptors (Lipinski definition) is 3. The lowest BCUT2D eigenvalue weighted by molar-refractivity contribution is -0.132. The second kappa shape index (κ2) is 11.7. The molecular formula is C36H34N4O3. The number of H-pyrrole nitrogens is 2. The van der Waals surface area contributed by atoms with Crippen LogP contribution in [0.25, 0.3) is 21.9 Å². The molecule has 0 aliphatic carbocycles. The van der Waals surface area contributed by atoms with Gasteiger partial charge < -0.3 is 19.6 Å². The predicted octanol–water partition coefficient (Wildman–Crippen LogP) is 6.78. The number of carbonyl (C=O) groups is 1. The Balaban J connectivity index is 1.09. The van der Waals surface area contributed by atoms with Gasteiger partial charge in [-0.05, 0) is 59.9 Å². The van der Waals surface area contributed by atoms with Crippen LogP contribution in [-0.4, -0.2) is 38.4 Å². The molecular weight excluding hydrogens is 536 g/mol. The largest absolute Gasteiger partial charge is 0.489 e. The Labute approximate surface area is 249 Å². The van der Waals surface area contributed by atoms with Crippen LogP contribution in [0.5, 0.6) is 5.75 Å². The highest BCUT2D eigenvalue weighted by Gasteiger charge is 2.29. The smallest absolute Gasteiger partial charge is 0.326 e. The fraction of sp³-hybridized carbons (Fsp3) is 0.222. The van der Waals surface area contributed by atoms with E-state index in [1.54, 1.807) is 0 Å². The zero-order valence-electron chi connectivity index (χ0n) is 23.9. The van der Waals surface area contributed by atoms with Crippen molar-refractivity contribution >= 4 is 27.8 Å². The molecule has 0 radical (unpaired) electrons. The van der Waals surface area contributed by atoms with Gasteiger partial charge in [-0.25, -0.2) is 4.79 Å². The number of nitrogens with one attached hydrogen (secondary N) is 2. The van der Waals surface area contributed by atoms with E-state index in [1.807, 2.05) is 82.4 Å². The van der Waals surface area contributed by atoms with Crippen molar-refractivity contribution in [2.24, 2.45) is 0 Å². The molecule has 216 valence electrons. The first-order valence-electron chi connectivity index (χ1n) is 14.9. The molecule has 4 aromatic carbocycles. The number of rotatable bonds is 8. The number of amides is 1. The number of hydrogen-bond donors (Lipinski definition) is 2. The van der Waals surface area contributed by atoms with Crippen molar-refractivity contribution in [3.8, 4) is 5.75 Å². The van der Waals surface area contributed by atoms with Crippen molar-refractivity contribution in [1.29, 1.82) is 0 Å². The Kier molecular flexibility index (Phi) is 7.29. The van der Waals surface area contributed by atoms with E-state index in [1.165, 1.54) is 0 Å². The maximum Gasteiger partial charge on any atom is 0.326 e. The summed E-state index contributed by atoms with van der Waals surface area (Å²) in [5, 5.41) is 1.13. The third kappa shape index (κ3) is 5.46. The number of carbonyl (C=O) groups excluding carboxylic acids is 1. The number of benzene rings is 4. The molecule has 2 N–H and O–H groups in total. The van der Waals surface area contributed by atoms with Crippen molar-refractivity contribution in [2.45, 2.75) is 37.8 Å². The molecule has 3 heterocycles. The number of para-hydroxylation sites is 3. The summed E-state index contributed by atoms with van der Waals surface area (Å²) in [6, 6.07) is 34.4. The van der Waals surface area contributed by atoms with Gasteiger partial charge in [0.15, 0.2) is 0 Å². The summed E-state index contributed by atoms with van der Waals surface area (Å²) in [5.74, 6) is 0.816. The maximum atomic E-state index is 13.8. The zero-order valence-corrected chi connectivity index (χ0v) is 23.9. The molecule has 1 unspecified atom stereocenters. The van der Waals surface area contributed by atoms with Crippen LogP contribution in [0.15, 0.2) is 114 Å². The van der Waals surface area contributed by atoms with Crippen LogP contribution in [0.1, 0.15) is 47.9 Å². The fourth-order valence-electron chi connectivity index (χ4n) is 6.44. The van der Waals surface area contributed by atoms with E-state index in [2.05, 4.69) is 46.4 Å². The average molecular weight is 571 g/mol. The standard InChI is InChI=1S/C36H34N4O3/c41-35(39-20-18-27(19-21-39)40-34-13-7-6-12-33(34)38-36(40)42)22-30(31-23-37-32-11-5-4-10-29(31)32)26-14-16-28(17-15-26)43-24-25-8-2-1-3-9-25/h1-17,23,27,30,37H,18-22,24H2,(H,38,42). The number of likely N-dealkylation sites (tertiary alicyclic amines) is 1. The maximum absolute atomic E-state index is 13.8. The van der Waals surface area contributed by atoms with Gasteiger partial charge in [-0.1, -0.05) is 72.8 Å². The SMILES string of the molecule is O=C(CC(c1ccc(OCc2ccccc2)cc1)c1c[nH]c2ccccc12)N1CCC(n2c(=O)[nH]c3ccccc32)CC1. The predicted molar refractivity (Wildman–Crippen MR) is 169 cm³/mol. The van der Waals surface area contributed by atoms with Crippen LogP contribution < -0.4 is 10.4 Å². The molecule has 1 aliphatic rings. The topological polar surface area (TPSA) is 83.1 Å². The summed E-state index contributed by atoms with van der Waals surface area (Å²) in [5.41, 5.74) is 6.06. The number of nitrogens with zero attached hydrogens (tertiary/aromatic N) is 2. The fourth-order valence-corrected chi connectivity index (χ4v) is 6.44. The third-order valence-corrected chi connectivity index (χ3v) is 8.71. The summed E-state index contributed by atoms with van der Waals surface area (Å²) in [6.45, 7) is 1.76. The van der Waals surface area contributed by atoms with Gasteiger partial charge in [0.05, 0.1) is 11.0 Å². The van der Waals surface area contributed by atoms with E-state index in [4.69, 9.17) is 4.74 Å². The van der Waals surface area contributed by atoms with Crippen molar-refractivity contribution in [2.75, 3.05) is 13.1 Å². The molecule has 1 amide bonds. The summed E-state index contributed by atoms with van der Waals surface area (Å²) >= 11 is 0. The Morgan fingerprint density at radius 2 is 1.53 bits per heavy atom. The summed E-state index contributed by atoms with van der Waals surface area (Å²) in [4.78, 5) is 34.9. The van der Waals surface area contributed by atoms with Gasteiger partial charge in [-0.2, -0.15) is 0 Å². The first-order valence-corrected chi connectivity index (χ1v) is 14.9. The number of fused-ring (bicyclic) bond motifs is 2. The van der Waals surface area contributed by atoms with Crippen molar-refractivity contribution < 1.29 is 9.53 Å². The van der Waals surface area contributed by atoms with Gasteiger partial charge in [-0.3, -0.25) is 9.36 Å². The Bertz CT molecular complexity index is 1910. The normalized spacial score (nSPS) is 14.7. The lowest BCUT2D eigenvalue weighted by atomic mass is 9.87. The van der Waals surface area contributed by atoms with E-state index in [0.29, 0.717) is 26.1 Å². The zero-order chi connectivity index (χ0) is 29.2. The molecule has 0 spiro atoms. The lowest BCUT2D eigenvalue weighted by Crippen LogP contribution is -2.41. The number of aromatic nitrogens is 3. The van der Waals surface area contributed by atoms with Crippen molar-refractivity contribution in [3.63, 3.8) is 0 Å². The molecule has 1 aliphatic heterocycles. The Hall–Kier alpha value is -5.04. The number of aromatic amines is 2. The number of ether oxygens (including phenoxy) is 1. The van der Waals surface area contributed by atoms with E-state index in [-0.39, 0.29) is 23.6 Å². The van der Waals surface area contributed by atoms with Crippen molar-refractivity contribution in [3.05, 3.63) is 136 Å². The lowest BCUT2D eigenvalue weighted by Gasteiger charge is -2.33. The highest BCUT2D eigenvalue weighted by Crippen LogP contribution is 2.35. The summed E-state index contributed by atoms with van der Waals surface area (Å²) in [6.07, 6.45) is 3.90. The average Bonchev–Trinajstić information content (AvgIpc) is 3.64. The molecule has 1 fully saturated rings. The van der Waals surface area contributed by atoms with Crippen molar-refractivity contribution in [1.82, 2.24) is 19.4 Å². The molecule has 6 aromatic rings. The summed E-state index contributed by atoms with van der Waals surface area (Å²) in [7, 11) is 0. The Morgan fingerprint density at radius 3 is 2.33 bits per heavy atom. The minimum atomic E-state index is -0.110. The van der Waals surface area contributed by atoms with Gasteiger partial charge in [0, 0.05) is 48.6 Å². The van der Waals surface area contributed by atoms with E-state index in [9.17, 15) is 9.59 Å². The number of imidazole rings is 1. The quantitative estimate of drug-likeness (QED) is 0.212. The molecule has 0 saturated carbocycles. The molecule has 7 rings (SSSR count). The van der Waals surface area contributed by atoms with Crippen LogP contribution in [0, 0.1) is 0 Å². The van der Waals surface area contributed by atoms with Gasteiger partial charge in [0.2, 0.25) is 5.91 Å². The highest BCUT2D eigenvalue weighted by molar-refractivity contribution is 5.86. The second-order valence-electron chi connectivity index (χ2n) is 11.3.